The fourth-order valence-electron chi connectivity index (χ4n) is 0.325. The van der Waals surface area contributed by atoms with Gasteiger partial charge < -0.3 is 0 Å². The third-order valence-electron chi connectivity index (χ3n) is 0.675. The molecular formula is CH3B7OS. The van der Waals surface area contributed by atoms with Crippen molar-refractivity contribution in [1.82, 2.24) is 0 Å². The molecule has 0 saturated carbocycles. The van der Waals surface area contributed by atoms with Crippen molar-refractivity contribution >= 4 is 60.2 Å². The summed E-state index contributed by atoms with van der Waals surface area (Å²) in [5.41, 5.74) is 0. The maximum absolute atomic E-state index is 5.08. The number of hydrogen-bond acceptors (Lipinski definition) is 2. The Morgan fingerprint density at radius 3 is 2.50 bits per heavy atom. The summed E-state index contributed by atoms with van der Waals surface area (Å²) in [6, 6.07) is 0. The Morgan fingerprint density at radius 1 is 1.20 bits per heavy atom. The van der Waals surface area contributed by atoms with Gasteiger partial charge in [0.25, 0.3) is 0 Å². The zero-order valence-electron chi connectivity index (χ0n) is 5.86. The van der Waals surface area contributed by atoms with E-state index in [0.717, 1.165) is 0 Å². The SMILES string of the molecule is [B]B=BB=BB=BOSC. The van der Waals surface area contributed by atoms with Crippen LogP contribution in [0.3, 0.4) is 0 Å². The first kappa shape index (κ1) is 10.6. The molecule has 0 saturated heterocycles. The standard InChI is InChI=1S/CH3B7OS/c1-10-9-8-7-6-5-4-3-2/h1H3. The molecule has 0 bridgehead atoms. The monoisotopic (exact) mass is 140 g/mol. The topological polar surface area (TPSA) is 9.23 Å². The molecule has 10 heavy (non-hydrogen) atoms. The molecule has 0 spiro atoms. The Balaban J connectivity index is 3.32. The zero-order valence-corrected chi connectivity index (χ0v) is 6.67. The molecule has 1 nitrogen and oxygen atoms in total. The molecular weight excluding hydrogens is 136 g/mol. The van der Waals surface area contributed by atoms with Crippen LogP contribution in [0.2, 0.25) is 0 Å². The van der Waals surface area contributed by atoms with Gasteiger partial charge in [0.05, 0.1) is 0 Å². The van der Waals surface area contributed by atoms with Crippen LogP contribution in [0, 0.1) is 0 Å². The van der Waals surface area contributed by atoms with Crippen molar-refractivity contribution in [1.29, 1.82) is 0 Å². The molecule has 0 aliphatic carbocycles. The van der Waals surface area contributed by atoms with Gasteiger partial charge in [0.15, 0.2) is 0 Å². The van der Waals surface area contributed by atoms with E-state index in [1.54, 1.807) is 20.4 Å². The van der Waals surface area contributed by atoms with Crippen LogP contribution >= 0.6 is 12.0 Å². The summed E-state index contributed by atoms with van der Waals surface area (Å²) in [6.07, 6.45) is 1.86. The molecule has 0 atom stereocenters. The number of rotatable bonds is 4. The van der Waals surface area contributed by atoms with E-state index in [4.69, 9.17) is 11.8 Å². The Bertz CT molecular complexity index is 141. The summed E-state index contributed by atoms with van der Waals surface area (Å²) in [6.45, 7) is 8.65. The first-order valence-electron chi connectivity index (χ1n) is 2.81. The summed E-state index contributed by atoms with van der Waals surface area (Å²) in [7, 11) is 6.68. The first-order valence-corrected chi connectivity index (χ1v) is 3.96. The van der Waals surface area contributed by atoms with E-state index >= 15 is 0 Å². The third-order valence-corrected chi connectivity index (χ3v) is 0.978. The van der Waals surface area contributed by atoms with Crippen LogP contribution in [0.15, 0.2) is 0 Å². The van der Waals surface area contributed by atoms with Crippen molar-refractivity contribution in [3.05, 3.63) is 0 Å². The Kier molecular flexibility index (Phi) is 10.2. The third kappa shape index (κ3) is 8.60. The van der Waals surface area contributed by atoms with Crippen LogP contribution < -0.4 is 0 Å². The van der Waals surface area contributed by atoms with Crippen LogP contribution in [-0.4, -0.2) is 54.5 Å². The van der Waals surface area contributed by atoms with Gasteiger partial charge in [0.1, 0.15) is 0 Å². The van der Waals surface area contributed by atoms with Crippen molar-refractivity contribution in [2.24, 2.45) is 0 Å². The van der Waals surface area contributed by atoms with Crippen LogP contribution in [0.4, 0.5) is 0 Å². The molecule has 0 heterocycles. The predicted molar refractivity (Wildman–Crippen MR) is 54.9 cm³/mol. The molecule has 0 aromatic rings. The van der Waals surface area contributed by atoms with Gasteiger partial charge in [0, 0.05) is 0 Å². The molecule has 0 rings (SSSR count). The van der Waals surface area contributed by atoms with Crippen molar-refractivity contribution in [3.8, 4) is 0 Å². The van der Waals surface area contributed by atoms with Crippen LogP contribution in [0.5, 0.6) is 0 Å². The van der Waals surface area contributed by atoms with E-state index < -0.39 is 0 Å². The van der Waals surface area contributed by atoms with E-state index in [1.165, 1.54) is 18.7 Å². The second-order valence-electron chi connectivity index (χ2n) is 1.36. The van der Waals surface area contributed by atoms with Gasteiger partial charge in [-0.25, -0.2) is 0 Å². The normalized spacial score (nSPS) is 7.30. The van der Waals surface area contributed by atoms with E-state index in [1.807, 2.05) is 19.6 Å². The van der Waals surface area contributed by atoms with Crippen molar-refractivity contribution in [2.45, 2.75) is 0 Å². The van der Waals surface area contributed by atoms with Crippen molar-refractivity contribution in [2.75, 3.05) is 6.26 Å². The van der Waals surface area contributed by atoms with Crippen molar-refractivity contribution in [3.63, 3.8) is 0 Å². The summed E-state index contributed by atoms with van der Waals surface area (Å²) in [5.74, 6) is 0. The second-order valence-corrected chi connectivity index (χ2v) is 1.89. The van der Waals surface area contributed by atoms with Gasteiger partial charge in [-0.15, -0.1) is 0 Å². The molecule has 0 aromatic carbocycles. The van der Waals surface area contributed by atoms with Gasteiger partial charge in [-0.3, -0.25) is 0 Å². The van der Waals surface area contributed by atoms with Gasteiger partial charge in [-0.1, -0.05) is 0 Å². The van der Waals surface area contributed by atoms with Gasteiger partial charge in [0.2, 0.25) is 0 Å². The molecule has 9 heteroatoms. The average Bonchev–Trinajstić information content (AvgIpc) is 1.97. The van der Waals surface area contributed by atoms with Gasteiger partial charge in [-0.05, 0) is 0 Å². The second kappa shape index (κ2) is 9.60. The summed E-state index contributed by atoms with van der Waals surface area (Å²) in [4.78, 5) is 0. The Labute approximate surface area is 71.0 Å². The molecule has 0 unspecified atom stereocenters. The zero-order chi connectivity index (χ0) is 7.66. The summed E-state index contributed by atoms with van der Waals surface area (Å²) < 4.78 is 4.84. The molecule has 0 N–H and O–H groups in total. The fourth-order valence-corrected chi connectivity index (χ4v) is 0.501. The molecule has 0 fully saturated rings. The van der Waals surface area contributed by atoms with Crippen LogP contribution in [0.25, 0.3) is 0 Å². The Morgan fingerprint density at radius 2 is 1.90 bits per heavy atom. The first-order chi connectivity index (χ1) is 4.91. The van der Waals surface area contributed by atoms with E-state index in [9.17, 15) is 0 Å². The van der Waals surface area contributed by atoms with E-state index in [0.29, 0.717) is 0 Å². The predicted octanol–water partition coefficient (Wildman–Crippen LogP) is -1.92. The molecule has 0 aliphatic rings. The summed E-state index contributed by atoms with van der Waals surface area (Å²) >= 11 is 1.30. The molecule has 40 valence electrons. The van der Waals surface area contributed by atoms with Crippen LogP contribution in [0.1, 0.15) is 0 Å². The minimum atomic E-state index is 1.30. The minimum absolute atomic E-state index is 1.30. The molecule has 2 radical (unpaired) electrons. The average molecular weight is 139 g/mol. The fraction of sp³-hybridized carbons (Fsp3) is 1.00. The van der Waals surface area contributed by atoms with Gasteiger partial charge >= 0.3 is 70.6 Å². The van der Waals surface area contributed by atoms with E-state index in [-0.39, 0.29) is 0 Å². The quantitative estimate of drug-likeness (QED) is 0.331. The molecule has 0 aliphatic heterocycles. The van der Waals surface area contributed by atoms with Gasteiger partial charge in [-0.2, -0.15) is 0 Å². The summed E-state index contributed by atoms with van der Waals surface area (Å²) in [5, 5.41) is 0. The maximum atomic E-state index is 5.08. The molecule has 0 aromatic heterocycles. The Hall–Kier alpha value is 0.605. The van der Waals surface area contributed by atoms with E-state index in [2.05, 4.69) is 0 Å². The van der Waals surface area contributed by atoms with Crippen molar-refractivity contribution < 1.29 is 4.10 Å². The van der Waals surface area contributed by atoms with Crippen LogP contribution in [-0.2, 0) is 4.10 Å². The molecule has 0 amide bonds. The number of hydrogen-bond donors (Lipinski definition) is 0.